The lowest BCUT2D eigenvalue weighted by atomic mass is 9.86. The SMILES string of the molecule is COC(=O)c1cc2ccc(CN3CC[C@]4(CCN(c5ncnc6sc(CC(F)(F)F)nc56)C4)C3)cc2[nH]1. The lowest BCUT2D eigenvalue weighted by molar-refractivity contribution is -0.127. The van der Waals surface area contributed by atoms with E-state index in [1.807, 2.05) is 6.07 Å². The first-order valence-electron chi connectivity index (χ1n) is 12.0. The summed E-state index contributed by atoms with van der Waals surface area (Å²) in [5.74, 6) is 0.240. The Labute approximate surface area is 214 Å². The zero-order valence-corrected chi connectivity index (χ0v) is 21.0. The van der Waals surface area contributed by atoms with Crippen LogP contribution in [0.3, 0.4) is 0 Å². The number of hydrogen-bond acceptors (Lipinski definition) is 8. The van der Waals surface area contributed by atoms with Crippen LogP contribution in [0.25, 0.3) is 21.3 Å². The summed E-state index contributed by atoms with van der Waals surface area (Å²) in [5.41, 5.74) is 3.07. The van der Waals surface area contributed by atoms with E-state index in [-0.39, 0.29) is 16.4 Å². The molecule has 194 valence electrons. The number of halogens is 3. The van der Waals surface area contributed by atoms with Gasteiger partial charge >= 0.3 is 12.1 Å². The lowest BCUT2D eigenvalue weighted by Gasteiger charge is -2.25. The minimum Gasteiger partial charge on any atom is -0.464 e. The Morgan fingerprint density at radius 3 is 2.84 bits per heavy atom. The number of methoxy groups -OCH3 is 1. The molecule has 6 rings (SSSR count). The van der Waals surface area contributed by atoms with Gasteiger partial charge in [0.2, 0.25) is 0 Å². The molecule has 2 aliphatic heterocycles. The number of fused-ring (bicyclic) bond motifs is 2. The van der Waals surface area contributed by atoms with E-state index < -0.39 is 12.6 Å². The average molecular weight is 531 g/mol. The third kappa shape index (κ3) is 4.75. The highest BCUT2D eigenvalue weighted by atomic mass is 32.1. The summed E-state index contributed by atoms with van der Waals surface area (Å²) in [7, 11) is 1.36. The third-order valence-electron chi connectivity index (χ3n) is 7.33. The van der Waals surface area contributed by atoms with Gasteiger partial charge in [0.1, 0.15) is 27.4 Å². The number of carbonyl (C=O) groups is 1. The first kappa shape index (κ1) is 24.1. The number of aromatic amines is 1. The molecule has 2 aliphatic rings. The summed E-state index contributed by atoms with van der Waals surface area (Å²) in [4.78, 5) is 32.9. The molecule has 2 saturated heterocycles. The van der Waals surface area contributed by atoms with E-state index in [0.29, 0.717) is 21.9 Å². The summed E-state index contributed by atoms with van der Waals surface area (Å²) in [6, 6.07) is 7.97. The van der Waals surface area contributed by atoms with Gasteiger partial charge in [0.25, 0.3) is 0 Å². The largest absolute Gasteiger partial charge is 0.464 e. The number of H-pyrrole nitrogens is 1. The lowest BCUT2D eigenvalue weighted by Crippen LogP contribution is -2.31. The number of likely N-dealkylation sites (tertiary alicyclic amines) is 1. The summed E-state index contributed by atoms with van der Waals surface area (Å²) in [6.45, 7) is 4.28. The number of nitrogens with one attached hydrogen (secondary N) is 1. The van der Waals surface area contributed by atoms with Crippen molar-refractivity contribution in [2.24, 2.45) is 5.41 Å². The molecule has 5 heterocycles. The van der Waals surface area contributed by atoms with Gasteiger partial charge in [-0.3, -0.25) is 4.90 Å². The number of alkyl halides is 3. The van der Waals surface area contributed by atoms with E-state index in [4.69, 9.17) is 4.74 Å². The van der Waals surface area contributed by atoms with Gasteiger partial charge in [0.05, 0.1) is 13.5 Å². The van der Waals surface area contributed by atoms with Gasteiger partial charge in [-0.1, -0.05) is 23.5 Å². The molecule has 2 fully saturated rings. The number of anilines is 1. The average Bonchev–Trinajstić information content (AvgIpc) is 3.63. The maximum Gasteiger partial charge on any atom is 0.395 e. The van der Waals surface area contributed by atoms with Crippen LogP contribution in [0, 0.1) is 5.41 Å². The van der Waals surface area contributed by atoms with E-state index in [1.54, 1.807) is 6.07 Å². The van der Waals surface area contributed by atoms with Crippen LogP contribution in [0.2, 0.25) is 0 Å². The Kier molecular flexibility index (Phi) is 5.83. The molecule has 0 amide bonds. The monoisotopic (exact) mass is 530 g/mol. The number of hydrogen-bond donors (Lipinski definition) is 1. The normalized spacial score (nSPS) is 20.6. The van der Waals surface area contributed by atoms with Gasteiger partial charge in [0, 0.05) is 42.5 Å². The van der Waals surface area contributed by atoms with Crippen molar-refractivity contribution in [1.82, 2.24) is 24.8 Å². The van der Waals surface area contributed by atoms with Crippen LogP contribution in [-0.2, 0) is 17.7 Å². The predicted octanol–water partition coefficient (Wildman–Crippen LogP) is 4.56. The van der Waals surface area contributed by atoms with Crippen molar-refractivity contribution in [2.75, 3.05) is 38.2 Å². The second-order valence-electron chi connectivity index (χ2n) is 9.98. The third-order valence-corrected chi connectivity index (χ3v) is 8.29. The van der Waals surface area contributed by atoms with Crippen molar-refractivity contribution in [3.8, 4) is 0 Å². The first-order valence-corrected chi connectivity index (χ1v) is 12.9. The fourth-order valence-corrected chi connectivity index (χ4v) is 6.56. The van der Waals surface area contributed by atoms with Crippen LogP contribution >= 0.6 is 11.3 Å². The number of aromatic nitrogens is 4. The Balaban J connectivity index is 1.15. The molecular weight excluding hydrogens is 505 g/mol. The van der Waals surface area contributed by atoms with Crippen LogP contribution in [0.4, 0.5) is 19.0 Å². The van der Waals surface area contributed by atoms with Gasteiger partial charge in [-0.15, -0.1) is 0 Å². The Morgan fingerprint density at radius 2 is 2.03 bits per heavy atom. The molecule has 1 aromatic carbocycles. The van der Waals surface area contributed by atoms with Crippen molar-refractivity contribution < 1.29 is 22.7 Å². The van der Waals surface area contributed by atoms with E-state index in [1.165, 1.54) is 13.4 Å². The van der Waals surface area contributed by atoms with Crippen LogP contribution in [-0.4, -0.2) is 70.3 Å². The van der Waals surface area contributed by atoms with Gasteiger partial charge in [-0.2, -0.15) is 13.2 Å². The van der Waals surface area contributed by atoms with Gasteiger partial charge < -0.3 is 14.6 Å². The molecule has 37 heavy (non-hydrogen) atoms. The van der Waals surface area contributed by atoms with Crippen LogP contribution in [0.5, 0.6) is 0 Å². The van der Waals surface area contributed by atoms with Crippen molar-refractivity contribution in [2.45, 2.75) is 32.0 Å². The molecule has 4 aromatic rings. The quantitative estimate of drug-likeness (QED) is 0.379. The molecule has 0 bridgehead atoms. The second kappa shape index (κ2) is 8.95. The molecule has 0 aliphatic carbocycles. The summed E-state index contributed by atoms with van der Waals surface area (Å²) in [5, 5.41) is 0.980. The maximum atomic E-state index is 12.9. The number of nitrogens with zero attached hydrogens (tertiary/aromatic N) is 5. The fourth-order valence-electron chi connectivity index (χ4n) is 5.63. The number of benzene rings is 1. The maximum absolute atomic E-state index is 12.9. The van der Waals surface area contributed by atoms with Crippen LogP contribution in [0.1, 0.15) is 33.9 Å². The molecule has 1 N–H and O–H groups in total. The van der Waals surface area contributed by atoms with Crippen molar-refractivity contribution in [1.29, 1.82) is 0 Å². The van der Waals surface area contributed by atoms with Crippen LogP contribution < -0.4 is 4.90 Å². The van der Waals surface area contributed by atoms with Gasteiger partial charge in [-0.05, 0) is 37.1 Å². The van der Waals surface area contributed by atoms with Crippen LogP contribution in [0.15, 0.2) is 30.6 Å². The summed E-state index contributed by atoms with van der Waals surface area (Å²) < 4.78 is 43.5. The molecule has 0 unspecified atom stereocenters. The minimum absolute atomic E-state index is 0.0166. The number of rotatable bonds is 5. The molecule has 0 saturated carbocycles. The Morgan fingerprint density at radius 1 is 1.19 bits per heavy atom. The second-order valence-corrected chi connectivity index (χ2v) is 11.0. The van der Waals surface area contributed by atoms with Gasteiger partial charge in [0.15, 0.2) is 5.82 Å². The first-order chi connectivity index (χ1) is 17.7. The molecule has 1 atom stereocenters. The molecule has 1 spiro atoms. The predicted molar refractivity (Wildman–Crippen MR) is 134 cm³/mol. The zero-order chi connectivity index (χ0) is 25.8. The fraction of sp³-hybridized carbons (Fsp3) is 0.440. The number of carbonyl (C=O) groups excluding carboxylic acids is 1. The van der Waals surface area contributed by atoms with E-state index in [2.05, 4.69) is 41.9 Å². The molecular formula is C25H25F3N6O2S. The van der Waals surface area contributed by atoms with Crippen molar-refractivity contribution in [3.63, 3.8) is 0 Å². The topological polar surface area (TPSA) is 87.2 Å². The van der Waals surface area contributed by atoms with E-state index in [0.717, 1.165) is 73.4 Å². The van der Waals surface area contributed by atoms with Gasteiger partial charge in [-0.25, -0.2) is 19.7 Å². The van der Waals surface area contributed by atoms with Crippen molar-refractivity contribution in [3.05, 3.63) is 46.9 Å². The number of ether oxygens (including phenoxy) is 1. The van der Waals surface area contributed by atoms with E-state index in [9.17, 15) is 18.0 Å². The summed E-state index contributed by atoms with van der Waals surface area (Å²) >= 11 is 0.982. The molecule has 0 radical (unpaired) electrons. The highest BCUT2D eigenvalue weighted by molar-refractivity contribution is 7.18. The number of esters is 1. The molecule has 12 heteroatoms. The molecule has 8 nitrogen and oxygen atoms in total. The standard InChI is InChI=1S/C25H25F3N6O2S/c1-36-23(35)18-9-16-3-2-15(8-17(16)31-18)11-33-6-4-24(12-33)5-7-34(13-24)21-20-22(30-14-29-21)37-19(32-20)10-25(26,27)28/h2-3,8-9,14,31H,4-7,10-13H2,1H3/t24-/m0/s1. The molecule has 3 aromatic heterocycles. The number of thiazole rings is 1. The highest BCUT2D eigenvalue weighted by Gasteiger charge is 2.44. The smallest absolute Gasteiger partial charge is 0.395 e. The zero-order valence-electron chi connectivity index (χ0n) is 20.1. The minimum atomic E-state index is -4.30. The summed E-state index contributed by atoms with van der Waals surface area (Å²) in [6.07, 6.45) is -1.90. The highest BCUT2D eigenvalue weighted by Crippen LogP contribution is 2.42. The Hall–Kier alpha value is -3.25. The Bertz CT molecular complexity index is 1480. The van der Waals surface area contributed by atoms with E-state index >= 15 is 0 Å². The van der Waals surface area contributed by atoms with Crippen molar-refractivity contribution >= 4 is 44.4 Å².